The maximum absolute atomic E-state index is 12.1. The lowest BCUT2D eigenvalue weighted by Crippen LogP contribution is -2.46. The second kappa shape index (κ2) is 8.88. The lowest BCUT2D eigenvalue weighted by atomic mass is 9.86. The van der Waals surface area contributed by atoms with E-state index < -0.39 is 10.0 Å². The van der Waals surface area contributed by atoms with Gasteiger partial charge in [-0.15, -0.1) is 0 Å². The third-order valence-electron chi connectivity index (χ3n) is 6.18. The van der Waals surface area contributed by atoms with E-state index in [1.807, 2.05) is 24.3 Å². The van der Waals surface area contributed by atoms with Gasteiger partial charge in [0.15, 0.2) is 5.96 Å². The van der Waals surface area contributed by atoms with E-state index in [2.05, 4.69) is 26.4 Å². The molecule has 1 atom stereocenters. The monoisotopic (exact) mass is 442 g/mol. The number of benzene rings is 2. The third kappa shape index (κ3) is 4.70. The van der Waals surface area contributed by atoms with Gasteiger partial charge in [0.25, 0.3) is 0 Å². The summed E-state index contributed by atoms with van der Waals surface area (Å²) in [6.45, 7) is 0.461. The van der Waals surface area contributed by atoms with Crippen LogP contribution in [-0.2, 0) is 16.6 Å². The second-order valence-corrected chi connectivity index (χ2v) is 10.1. The molecular formula is C23H30N4O3S. The molecule has 1 saturated carbocycles. The summed E-state index contributed by atoms with van der Waals surface area (Å²) in [5, 5.41) is 6.89. The molecule has 0 saturated heterocycles. The minimum Gasteiger partial charge on any atom is -0.487 e. The molecule has 0 radical (unpaired) electrons. The summed E-state index contributed by atoms with van der Waals surface area (Å²) < 4.78 is 32.9. The highest BCUT2D eigenvalue weighted by molar-refractivity contribution is 7.89. The number of sulfonamides is 1. The van der Waals surface area contributed by atoms with Gasteiger partial charge in [0.2, 0.25) is 10.0 Å². The summed E-state index contributed by atoms with van der Waals surface area (Å²) in [7, 11) is -0.316. The minimum absolute atomic E-state index is 0.0965. The predicted molar refractivity (Wildman–Crippen MR) is 122 cm³/mol. The summed E-state index contributed by atoms with van der Waals surface area (Å²) in [5.74, 6) is 1.63. The summed E-state index contributed by atoms with van der Waals surface area (Å²) in [5.41, 5.74) is 1.91. The zero-order chi connectivity index (χ0) is 21.9. The first-order valence-electron chi connectivity index (χ1n) is 10.7. The van der Waals surface area contributed by atoms with Crippen molar-refractivity contribution in [3.8, 4) is 5.75 Å². The van der Waals surface area contributed by atoms with Crippen molar-refractivity contribution in [2.45, 2.75) is 55.2 Å². The van der Waals surface area contributed by atoms with Crippen molar-refractivity contribution in [2.75, 3.05) is 14.1 Å². The standard InChI is InChI=1S/C23H30N4O3S/c1-24-22(26-16-17-8-7-9-18(14-17)31(28,29)25-2)27-20-15-23(12-5-6-13-23)30-21-11-4-3-10-19(20)21/h3-4,7-11,14,20,25H,5-6,12-13,15-16H2,1-2H3,(H2,24,26,27). The molecule has 2 aromatic rings. The van der Waals surface area contributed by atoms with Gasteiger partial charge in [-0.1, -0.05) is 30.3 Å². The number of hydrogen-bond acceptors (Lipinski definition) is 4. The number of nitrogens with one attached hydrogen (secondary N) is 3. The van der Waals surface area contributed by atoms with E-state index in [0.29, 0.717) is 12.5 Å². The van der Waals surface area contributed by atoms with Crippen LogP contribution in [0.15, 0.2) is 58.4 Å². The van der Waals surface area contributed by atoms with Gasteiger partial charge in [0.05, 0.1) is 10.9 Å². The molecule has 166 valence electrons. The van der Waals surface area contributed by atoms with Crippen LogP contribution in [0.25, 0.3) is 0 Å². The van der Waals surface area contributed by atoms with Gasteiger partial charge in [0, 0.05) is 25.6 Å². The molecule has 8 heteroatoms. The maximum atomic E-state index is 12.1. The molecule has 1 spiro atoms. The molecule has 1 aliphatic heterocycles. The lowest BCUT2D eigenvalue weighted by molar-refractivity contribution is 0.0396. The van der Waals surface area contributed by atoms with Gasteiger partial charge < -0.3 is 15.4 Å². The first-order chi connectivity index (χ1) is 14.9. The van der Waals surface area contributed by atoms with Crippen molar-refractivity contribution in [3.63, 3.8) is 0 Å². The third-order valence-corrected chi connectivity index (χ3v) is 7.60. The molecule has 1 heterocycles. The molecule has 4 rings (SSSR count). The van der Waals surface area contributed by atoms with E-state index in [0.717, 1.165) is 36.1 Å². The highest BCUT2D eigenvalue weighted by Crippen LogP contribution is 2.46. The number of nitrogens with zero attached hydrogens (tertiary/aromatic N) is 1. The zero-order valence-corrected chi connectivity index (χ0v) is 18.8. The first-order valence-corrected chi connectivity index (χ1v) is 12.2. The molecule has 0 aromatic heterocycles. The van der Waals surface area contributed by atoms with Crippen LogP contribution in [0.2, 0.25) is 0 Å². The fourth-order valence-corrected chi connectivity index (χ4v) is 5.36. The largest absolute Gasteiger partial charge is 0.487 e. The van der Waals surface area contributed by atoms with Gasteiger partial charge in [-0.2, -0.15) is 0 Å². The molecule has 7 nitrogen and oxygen atoms in total. The summed E-state index contributed by atoms with van der Waals surface area (Å²) in [4.78, 5) is 4.64. The Kier molecular flexibility index (Phi) is 6.20. The lowest BCUT2D eigenvalue weighted by Gasteiger charge is -2.40. The fourth-order valence-electron chi connectivity index (χ4n) is 4.56. The van der Waals surface area contributed by atoms with Crippen molar-refractivity contribution in [1.82, 2.24) is 15.4 Å². The van der Waals surface area contributed by atoms with Crippen LogP contribution in [0, 0.1) is 0 Å². The van der Waals surface area contributed by atoms with Crippen molar-refractivity contribution < 1.29 is 13.2 Å². The Morgan fingerprint density at radius 1 is 1.16 bits per heavy atom. The Bertz CT molecular complexity index is 1060. The fraction of sp³-hybridized carbons (Fsp3) is 0.435. The number of para-hydroxylation sites is 1. The number of guanidine groups is 1. The van der Waals surface area contributed by atoms with E-state index >= 15 is 0 Å². The molecule has 1 aliphatic carbocycles. The molecule has 1 unspecified atom stereocenters. The average Bonchev–Trinajstić information content (AvgIpc) is 3.23. The van der Waals surface area contributed by atoms with E-state index in [-0.39, 0.29) is 16.5 Å². The molecule has 1 fully saturated rings. The first kappa shape index (κ1) is 21.6. The van der Waals surface area contributed by atoms with E-state index in [1.165, 1.54) is 19.9 Å². The van der Waals surface area contributed by atoms with Gasteiger partial charge in [-0.3, -0.25) is 4.99 Å². The Hall–Kier alpha value is -2.58. The number of rotatable bonds is 5. The van der Waals surface area contributed by atoms with E-state index in [1.54, 1.807) is 25.2 Å². The summed E-state index contributed by atoms with van der Waals surface area (Å²) >= 11 is 0. The maximum Gasteiger partial charge on any atom is 0.240 e. The van der Waals surface area contributed by atoms with Crippen LogP contribution in [0.3, 0.4) is 0 Å². The molecule has 0 bridgehead atoms. The van der Waals surface area contributed by atoms with Crippen molar-refractivity contribution in [2.24, 2.45) is 4.99 Å². The minimum atomic E-state index is -3.47. The van der Waals surface area contributed by atoms with Gasteiger partial charge in [-0.25, -0.2) is 13.1 Å². The highest BCUT2D eigenvalue weighted by Gasteiger charge is 2.43. The van der Waals surface area contributed by atoms with Gasteiger partial charge in [-0.05, 0) is 56.5 Å². The number of ether oxygens (including phenoxy) is 1. The number of fused-ring (bicyclic) bond motifs is 1. The van der Waals surface area contributed by atoms with Crippen LogP contribution in [0.5, 0.6) is 5.75 Å². The van der Waals surface area contributed by atoms with E-state index in [4.69, 9.17) is 4.74 Å². The van der Waals surface area contributed by atoms with Crippen LogP contribution in [0.4, 0.5) is 0 Å². The Morgan fingerprint density at radius 3 is 2.68 bits per heavy atom. The SMILES string of the molecule is CN=C(NCc1cccc(S(=O)(=O)NC)c1)NC1CC2(CCCC2)Oc2ccccc21. The average molecular weight is 443 g/mol. The molecular weight excluding hydrogens is 412 g/mol. The van der Waals surface area contributed by atoms with Crippen LogP contribution in [0.1, 0.15) is 49.3 Å². The normalized spacial score (nSPS) is 20.2. The molecule has 2 aliphatic rings. The topological polar surface area (TPSA) is 91.8 Å². The van der Waals surface area contributed by atoms with Crippen molar-refractivity contribution in [3.05, 3.63) is 59.7 Å². The number of aliphatic imine (C=N–C) groups is 1. The van der Waals surface area contributed by atoms with Crippen molar-refractivity contribution >= 4 is 16.0 Å². The summed E-state index contributed by atoms with van der Waals surface area (Å²) in [6.07, 6.45) is 5.47. The quantitative estimate of drug-likeness (QED) is 0.489. The van der Waals surface area contributed by atoms with E-state index in [9.17, 15) is 8.42 Å². The zero-order valence-electron chi connectivity index (χ0n) is 18.0. The van der Waals surface area contributed by atoms with Crippen LogP contribution < -0.4 is 20.1 Å². The highest BCUT2D eigenvalue weighted by atomic mass is 32.2. The Labute approximate surface area is 184 Å². The van der Waals surface area contributed by atoms with Crippen LogP contribution >= 0.6 is 0 Å². The molecule has 2 aromatic carbocycles. The molecule has 31 heavy (non-hydrogen) atoms. The molecule has 3 N–H and O–H groups in total. The second-order valence-electron chi connectivity index (χ2n) is 8.21. The molecule has 0 amide bonds. The summed E-state index contributed by atoms with van der Waals surface area (Å²) in [6, 6.07) is 15.2. The van der Waals surface area contributed by atoms with Gasteiger partial charge >= 0.3 is 0 Å². The van der Waals surface area contributed by atoms with Crippen molar-refractivity contribution in [1.29, 1.82) is 0 Å². The Balaban J connectivity index is 1.48. The Morgan fingerprint density at radius 2 is 1.94 bits per heavy atom. The van der Waals surface area contributed by atoms with Gasteiger partial charge in [0.1, 0.15) is 11.4 Å². The smallest absolute Gasteiger partial charge is 0.240 e. The number of hydrogen-bond donors (Lipinski definition) is 3. The van der Waals surface area contributed by atoms with Crippen LogP contribution in [-0.4, -0.2) is 34.1 Å². The predicted octanol–water partition coefficient (Wildman–Crippen LogP) is 3.10.